The molecule has 1 atom stereocenters. The van der Waals surface area contributed by atoms with Crippen LogP contribution in [0.4, 0.5) is 28.6 Å². The number of rotatable bonds is 5. The van der Waals surface area contributed by atoms with Crippen LogP contribution in [0.3, 0.4) is 0 Å². The van der Waals surface area contributed by atoms with Crippen LogP contribution in [0, 0.1) is 5.92 Å². The standard InChI is InChI=1S/C22H27F3N6O5/c1-13(32)30-8-6-15-18(30)26-9-17(28-15)31(20(35)36-21(2,3)4)11-16(33)14-5-7-29(10-14)19(34)27-12-22(23,24)25/h6,8-9,14H,5,7,10-12H2,1-4H3,(H,27,34)/t14-/m1/s1. The second-order valence-corrected chi connectivity index (χ2v) is 9.38. The molecule has 3 amide bonds. The summed E-state index contributed by atoms with van der Waals surface area (Å²) in [6.07, 6.45) is -2.45. The van der Waals surface area contributed by atoms with E-state index in [1.807, 2.05) is 0 Å². The number of hydrogen-bond donors (Lipinski definition) is 1. The maximum Gasteiger partial charge on any atom is 0.416 e. The number of fused-ring (bicyclic) bond motifs is 1. The highest BCUT2D eigenvalue weighted by molar-refractivity contribution is 5.97. The van der Waals surface area contributed by atoms with Gasteiger partial charge in [-0.1, -0.05) is 0 Å². The molecule has 1 aliphatic rings. The van der Waals surface area contributed by atoms with E-state index in [2.05, 4.69) is 9.97 Å². The van der Waals surface area contributed by atoms with Crippen molar-refractivity contribution in [2.24, 2.45) is 5.92 Å². The maximum atomic E-state index is 13.1. The van der Waals surface area contributed by atoms with Gasteiger partial charge in [0.05, 0.1) is 12.7 Å². The molecule has 1 N–H and O–H groups in total. The Morgan fingerprint density at radius 1 is 1.22 bits per heavy atom. The van der Waals surface area contributed by atoms with Crippen molar-refractivity contribution < 1.29 is 37.1 Å². The average molecular weight is 512 g/mol. The third kappa shape index (κ3) is 6.70. The lowest BCUT2D eigenvalue weighted by Gasteiger charge is -2.27. The van der Waals surface area contributed by atoms with E-state index in [-0.39, 0.29) is 36.9 Å². The smallest absolute Gasteiger partial charge is 0.416 e. The number of Topliss-reactive ketones (excluding diaryl/α,β-unsaturated/α-hetero) is 1. The highest BCUT2D eigenvalue weighted by Gasteiger charge is 2.36. The van der Waals surface area contributed by atoms with Crippen LogP contribution >= 0.6 is 0 Å². The van der Waals surface area contributed by atoms with Gasteiger partial charge >= 0.3 is 18.3 Å². The number of ether oxygens (including phenoxy) is 1. The van der Waals surface area contributed by atoms with Crippen LogP contribution in [-0.2, 0) is 9.53 Å². The molecule has 1 saturated heterocycles. The van der Waals surface area contributed by atoms with Crippen LogP contribution in [0.2, 0.25) is 0 Å². The highest BCUT2D eigenvalue weighted by atomic mass is 19.4. The summed E-state index contributed by atoms with van der Waals surface area (Å²) in [4.78, 5) is 60.5. The Morgan fingerprint density at radius 3 is 2.53 bits per heavy atom. The molecule has 0 aromatic carbocycles. The Hall–Kier alpha value is -3.71. The summed E-state index contributed by atoms with van der Waals surface area (Å²) in [5, 5.41) is 1.78. The summed E-state index contributed by atoms with van der Waals surface area (Å²) < 4.78 is 43.8. The number of alkyl halides is 3. The SMILES string of the molecule is CC(=O)n1ccc2nc(N(CC(=O)[C@@H]3CCN(C(=O)NCC(F)(F)F)C3)C(=O)OC(C)(C)C)cnc21. The van der Waals surface area contributed by atoms with Gasteiger partial charge in [-0.3, -0.25) is 19.1 Å². The molecule has 0 unspecified atom stereocenters. The number of aromatic nitrogens is 3. The Labute approximate surface area is 204 Å². The second kappa shape index (κ2) is 10.1. The Morgan fingerprint density at radius 2 is 1.92 bits per heavy atom. The number of nitrogens with one attached hydrogen (secondary N) is 1. The first kappa shape index (κ1) is 26.9. The molecule has 11 nitrogen and oxygen atoms in total. The number of halogens is 3. The minimum absolute atomic E-state index is 0.0178. The number of carbonyl (C=O) groups excluding carboxylic acids is 4. The summed E-state index contributed by atoms with van der Waals surface area (Å²) in [6, 6.07) is 0.620. The van der Waals surface area contributed by atoms with Gasteiger partial charge in [0.25, 0.3) is 0 Å². The number of ketones is 1. The lowest BCUT2D eigenvalue weighted by atomic mass is 10.0. The van der Waals surface area contributed by atoms with Crippen molar-refractivity contribution in [2.45, 2.75) is 45.9 Å². The van der Waals surface area contributed by atoms with Gasteiger partial charge in [-0.25, -0.2) is 19.6 Å². The van der Waals surface area contributed by atoms with E-state index in [1.165, 1.54) is 30.0 Å². The fraction of sp³-hybridized carbons (Fsp3) is 0.545. The Bertz CT molecular complexity index is 1170. The number of amides is 3. The predicted octanol–water partition coefficient (Wildman–Crippen LogP) is 3.00. The zero-order chi connectivity index (χ0) is 26.8. The lowest BCUT2D eigenvalue weighted by molar-refractivity contribution is -0.123. The van der Waals surface area contributed by atoms with E-state index in [9.17, 15) is 32.3 Å². The molecule has 1 aliphatic heterocycles. The highest BCUT2D eigenvalue weighted by Crippen LogP contribution is 2.23. The molecule has 0 bridgehead atoms. The first-order valence-corrected chi connectivity index (χ1v) is 11.1. The fourth-order valence-electron chi connectivity index (χ4n) is 3.62. The topological polar surface area (TPSA) is 127 Å². The van der Waals surface area contributed by atoms with Gasteiger partial charge in [0.1, 0.15) is 17.7 Å². The average Bonchev–Trinajstić information content (AvgIpc) is 3.41. The molecule has 3 rings (SSSR count). The normalized spacial score (nSPS) is 16.2. The van der Waals surface area contributed by atoms with Gasteiger partial charge in [0.2, 0.25) is 5.91 Å². The molecule has 0 radical (unpaired) electrons. The van der Waals surface area contributed by atoms with Crippen LogP contribution in [-0.4, -0.2) is 81.2 Å². The van der Waals surface area contributed by atoms with Crippen molar-refractivity contribution in [3.63, 3.8) is 0 Å². The molecule has 2 aromatic rings. The van der Waals surface area contributed by atoms with Crippen LogP contribution < -0.4 is 10.2 Å². The van der Waals surface area contributed by atoms with E-state index in [4.69, 9.17) is 4.74 Å². The van der Waals surface area contributed by atoms with Gasteiger partial charge in [0.15, 0.2) is 17.2 Å². The van der Waals surface area contributed by atoms with Crippen molar-refractivity contribution in [3.05, 3.63) is 18.5 Å². The summed E-state index contributed by atoms with van der Waals surface area (Å²) in [6.45, 7) is 4.40. The summed E-state index contributed by atoms with van der Waals surface area (Å²) in [5.74, 6) is -1.38. The van der Waals surface area contributed by atoms with Gasteiger partial charge in [-0.15, -0.1) is 0 Å². The molecule has 1 fully saturated rings. The molecule has 3 heterocycles. The van der Waals surface area contributed by atoms with E-state index < -0.39 is 48.7 Å². The fourth-order valence-corrected chi connectivity index (χ4v) is 3.62. The van der Waals surface area contributed by atoms with Crippen molar-refractivity contribution in [3.8, 4) is 0 Å². The number of anilines is 1. The molecule has 0 saturated carbocycles. The number of likely N-dealkylation sites (tertiary alicyclic amines) is 1. The molecule has 0 aliphatic carbocycles. The molecule has 196 valence electrons. The predicted molar refractivity (Wildman–Crippen MR) is 122 cm³/mol. The number of nitrogens with zero attached hydrogens (tertiary/aromatic N) is 5. The zero-order valence-electron chi connectivity index (χ0n) is 20.3. The lowest BCUT2D eigenvalue weighted by Crippen LogP contribution is -2.44. The van der Waals surface area contributed by atoms with Crippen LogP contribution in [0.5, 0.6) is 0 Å². The van der Waals surface area contributed by atoms with Crippen LogP contribution in [0.25, 0.3) is 11.2 Å². The molecular formula is C22H27F3N6O5. The minimum atomic E-state index is -4.55. The van der Waals surface area contributed by atoms with Gasteiger partial charge < -0.3 is 15.0 Å². The third-order valence-corrected chi connectivity index (χ3v) is 5.29. The van der Waals surface area contributed by atoms with E-state index in [0.29, 0.717) is 5.52 Å². The number of carbonyl (C=O) groups is 4. The number of hydrogen-bond acceptors (Lipinski definition) is 7. The van der Waals surface area contributed by atoms with Crippen molar-refractivity contribution >= 4 is 40.8 Å². The van der Waals surface area contributed by atoms with Crippen LogP contribution in [0.15, 0.2) is 18.5 Å². The van der Waals surface area contributed by atoms with Crippen LogP contribution in [0.1, 0.15) is 38.9 Å². The molecule has 36 heavy (non-hydrogen) atoms. The van der Waals surface area contributed by atoms with Crippen molar-refractivity contribution in [1.29, 1.82) is 0 Å². The van der Waals surface area contributed by atoms with Crippen molar-refractivity contribution in [1.82, 2.24) is 24.8 Å². The second-order valence-electron chi connectivity index (χ2n) is 9.38. The molecule has 0 spiro atoms. The van der Waals surface area contributed by atoms with Crippen molar-refractivity contribution in [2.75, 3.05) is 31.1 Å². The zero-order valence-corrected chi connectivity index (χ0v) is 20.3. The monoisotopic (exact) mass is 512 g/mol. The van der Waals surface area contributed by atoms with E-state index >= 15 is 0 Å². The first-order valence-electron chi connectivity index (χ1n) is 11.1. The van der Waals surface area contributed by atoms with Gasteiger partial charge in [-0.2, -0.15) is 13.2 Å². The third-order valence-electron chi connectivity index (χ3n) is 5.29. The minimum Gasteiger partial charge on any atom is -0.443 e. The molecular weight excluding hydrogens is 485 g/mol. The van der Waals surface area contributed by atoms with Gasteiger partial charge in [-0.05, 0) is 33.3 Å². The summed E-state index contributed by atoms with van der Waals surface area (Å²) in [5.41, 5.74) is -0.288. The van der Waals surface area contributed by atoms with E-state index in [0.717, 1.165) is 9.80 Å². The summed E-state index contributed by atoms with van der Waals surface area (Å²) in [7, 11) is 0. The quantitative estimate of drug-likeness (QED) is 0.653. The molecule has 14 heteroatoms. The number of urea groups is 1. The van der Waals surface area contributed by atoms with Gasteiger partial charge in [0, 0.05) is 32.1 Å². The maximum absolute atomic E-state index is 13.1. The molecule has 2 aromatic heterocycles. The first-order chi connectivity index (χ1) is 16.6. The Balaban J connectivity index is 1.77. The largest absolute Gasteiger partial charge is 0.443 e. The Kier molecular flexibility index (Phi) is 7.55. The summed E-state index contributed by atoms with van der Waals surface area (Å²) >= 11 is 0. The van der Waals surface area contributed by atoms with E-state index in [1.54, 1.807) is 26.1 Å².